The van der Waals surface area contributed by atoms with Crippen LogP contribution in [0.3, 0.4) is 0 Å². The molecule has 3 atom stereocenters. The molecule has 0 N–H and O–H groups in total. The summed E-state index contributed by atoms with van der Waals surface area (Å²) < 4.78 is 18.6. The van der Waals surface area contributed by atoms with E-state index in [0.717, 1.165) is 5.92 Å². The maximum absolute atomic E-state index is 6.59. The van der Waals surface area contributed by atoms with E-state index in [0.29, 0.717) is 12.2 Å². The van der Waals surface area contributed by atoms with Crippen molar-refractivity contribution in [3.8, 4) is 0 Å². The van der Waals surface area contributed by atoms with Gasteiger partial charge in [0.2, 0.25) is 0 Å². The van der Waals surface area contributed by atoms with Crippen LogP contribution in [-0.4, -0.2) is 37.4 Å². The molecular formula is C15H34O3Si3. The highest BCUT2D eigenvalue weighted by Gasteiger charge is 2.44. The van der Waals surface area contributed by atoms with Crippen molar-refractivity contribution in [1.29, 1.82) is 0 Å². The Morgan fingerprint density at radius 1 is 0.905 bits per heavy atom. The van der Waals surface area contributed by atoms with Gasteiger partial charge in [0.15, 0.2) is 16.6 Å². The number of ether oxygens (including phenoxy) is 1. The molecule has 1 aliphatic carbocycles. The molecule has 1 heterocycles. The van der Waals surface area contributed by atoms with Crippen molar-refractivity contribution >= 4 is 25.2 Å². The van der Waals surface area contributed by atoms with Gasteiger partial charge in [0.25, 0.3) is 0 Å². The van der Waals surface area contributed by atoms with Gasteiger partial charge in [-0.2, -0.15) is 0 Å². The summed E-state index contributed by atoms with van der Waals surface area (Å²) in [7, 11) is -5.09. The fraction of sp³-hybridized carbons (Fsp3) is 1.00. The molecule has 0 spiro atoms. The largest absolute Gasteiger partial charge is 0.437 e. The highest BCUT2D eigenvalue weighted by molar-refractivity contribution is 6.87. The summed E-state index contributed by atoms with van der Waals surface area (Å²) >= 11 is 0. The molecular weight excluding hydrogens is 312 g/mol. The third-order valence-corrected chi connectivity index (χ3v) is 14.4. The van der Waals surface area contributed by atoms with E-state index in [1.807, 2.05) is 0 Å². The average molecular weight is 347 g/mol. The van der Waals surface area contributed by atoms with Crippen molar-refractivity contribution < 1.29 is 13.0 Å². The minimum Gasteiger partial charge on any atom is -0.437 e. The number of hydrogen-bond donors (Lipinski definition) is 0. The van der Waals surface area contributed by atoms with Crippen LogP contribution in [-0.2, 0) is 13.0 Å². The standard InChI is InChI=1S/C15H34O3Si3/c1-19(2,3)17-21(6,7)18-20(4,5)11-10-13-8-9-14-15(12-13)16-14/h13-15H,8-12H2,1-7H3. The van der Waals surface area contributed by atoms with Crippen LogP contribution in [0.25, 0.3) is 0 Å². The first-order valence-electron chi connectivity index (χ1n) is 8.52. The van der Waals surface area contributed by atoms with Crippen LogP contribution in [0, 0.1) is 5.92 Å². The zero-order valence-corrected chi connectivity index (χ0v) is 18.0. The highest BCUT2D eigenvalue weighted by Crippen LogP contribution is 2.41. The van der Waals surface area contributed by atoms with E-state index in [9.17, 15) is 0 Å². The Labute approximate surface area is 134 Å². The fourth-order valence-corrected chi connectivity index (χ4v) is 17.1. The topological polar surface area (TPSA) is 31.0 Å². The Balaban J connectivity index is 1.77. The van der Waals surface area contributed by atoms with Gasteiger partial charge < -0.3 is 13.0 Å². The van der Waals surface area contributed by atoms with Crippen LogP contribution < -0.4 is 0 Å². The van der Waals surface area contributed by atoms with E-state index in [2.05, 4.69) is 45.8 Å². The predicted octanol–water partition coefficient (Wildman–Crippen LogP) is 4.72. The normalized spacial score (nSPS) is 30.1. The Bertz CT molecular complexity index is 366. The van der Waals surface area contributed by atoms with Crippen LogP contribution in [0.2, 0.25) is 51.9 Å². The Morgan fingerprint density at radius 2 is 1.57 bits per heavy atom. The van der Waals surface area contributed by atoms with Gasteiger partial charge in [0, 0.05) is 0 Å². The molecule has 1 aliphatic heterocycles. The second kappa shape index (κ2) is 6.20. The van der Waals surface area contributed by atoms with Gasteiger partial charge in [-0.3, -0.25) is 0 Å². The summed E-state index contributed by atoms with van der Waals surface area (Å²) in [5.74, 6) is 0.867. The lowest BCUT2D eigenvalue weighted by Crippen LogP contribution is -2.51. The molecule has 1 saturated carbocycles. The lowest BCUT2D eigenvalue weighted by molar-refractivity contribution is 0.350. The molecule has 1 saturated heterocycles. The first-order valence-corrected chi connectivity index (χ1v) is 17.9. The molecule has 0 aromatic rings. The minimum absolute atomic E-state index is 0.607. The molecule has 21 heavy (non-hydrogen) atoms. The van der Waals surface area contributed by atoms with Gasteiger partial charge in [-0.05, 0) is 77.1 Å². The first-order chi connectivity index (χ1) is 9.46. The molecule has 0 bridgehead atoms. The smallest absolute Gasteiger partial charge is 0.311 e. The zero-order valence-electron chi connectivity index (χ0n) is 15.0. The van der Waals surface area contributed by atoms with E-state index < -0.39 is 25.2 Å². The molecule has 6 heteroatoms. The van der Waals surface area contributed by atoms with Crippen LogP contribution in [0.5, 0.6) is 0 Å². The summed E-state index contributed by atoms with van der Waals surface area (Å²) in [5.41, 5.74) is 0. The van der Waals surface area contributed by atoms with Crippen LogP contribution in [0.15, 0.2) is 0 Å². The van der Waals surface area contributed by atoms with E-state index in [1.54, 1.807) is 0 Å². The quantitative estimate of drug-likeness (QED) is 0.494. The fourth-order valence-electron chi connectivity index (χ4n) is 3.78. The highest BCUT2D eigenvalue weighted by atomic mass is 28.5. The maximum atomic E-state index is 6.59. The van der Waals surface area contributed by atoms with Crippen molar-refractivity contribution in [2.75, 3.05) is 0 Å². The van der Waals surface area contributed by atoms with Gasteiger partial charge in [0.05, 0.1) is 12.2 Å². The summed E-state index contributed by atoms with van der Waals surface area (Å²) in [6.07, 6.45) is 6.49. The van der Waals surface area contributed by atoms with Crippen molar-refractivity contribution in [2.24, 2.45) is 5.92 Å². The molecule has 0 amide bonds. The summed E-state index contributed by atoms with van der Waals surface area (Å²) in [6, 6.07) is 1.26. The van der Waals surface area contributed by atoms with Crippen molar-refractivity contribution in [2.45, 2.75) is 89.8 Å². The third-order valence-electron chi connectivity index (χ3n) is 4.34. The van der Waals surface area contributed by atoms with Gasteiger partial charge >= 0.3 is 8.56 Å². The Hall–Kier alpha value is 0.531. The lowest BCUT2D eigenvalue weighted by Gasteiger charge is -2.38. The molecule has 124 valence electrons. The second-order valence-corrected chi connectivity index (χ2v) is 21.6. The number of hydrogen-bond acceptors (Lipinski definition) is 3. The number of epoxide rings is 1. The van der Waals surface area contributed by atoms with Crippen molar-refractivity contribution in [3.63, 3.8) is 0 Å². The van der Waals surface area contributed by atoms with E-state index in [4.69, 9.17) is 13.0 Å². The van der Waals surface area contributed by atoms with Gasteiger partial charge in [0.1, 0.15) is 0 Å². The molecule has 2 aliphatic rings. The van der Waals surface area contributed by atoms with Gasteiger partial charge in [-0.1, -0.05) is 6.42 Å². The first kappa shape index (κ1) is 17.9. The number of fused-ring (bicyclic) bond motifs is 1. The molecule has 3 unspecified atom stereocenters. The SMILES string of the molecule is C[Si](C)(C)O[Si](C)(C)O[Si](C)(C)CCC1CCC2OC2C1. The third kappa shape index (κ3) is 6.27. The lowest BCUT2D eigenvalue weighted by atomic mass is 9.88. The van der Waals surface area contributed by atoms with Gasteiger partial charge in [-0.25, -0.2) is 0 Å². The van der Waals surface area contributed by atoms with E-state index in [1.165, 1.54) is 31.7 Å². The molecule has 2 rings (SSSR count). The monoisotopic (exact) mass is 346 g/mol. The summed E-state index contributed by atoms with van der Waals surface area (Å²) in [4.78, 5) is 0. The average Bonchev–Trinajstić information content (AvgIpc) is 2.99. The molecule has 3 nitrogen and oxygen atoms in total. The summed E-state index contributed by atoms with van der Waals surface area (Å²) in [5, 5.41) is 0. The maximum Gasteiger partial charge on any atom is 0.311 e. The summed E-state index contributed by atoms with van der Waals surface area (Å²) in [6.45, 7) is 16.0. The van der Waals surface area contributed by atoms with Crippen LogP contribution in [0.1, 0.15) is 25.7 Å². The Morgan fingerprint density at radius 3 is 2.14 bits per heavy atom. The van der Waals surface area contributed by atoms with E-state index >= 15 is 0 Å². The second-order valence-electron chi connectivity index (χ2n) is 8.91. The Kier molecular flexibility index (Phi) is 5.28. The van der Waals surface area contributed by atoms with Crippen LogP contribution >= 0.6 is 0 Å². The zero-order chi connectivity index (χ0) is 15.9. The minimum atomic E-state index is -1.97. The van der Waals surface area contributed by atoms with Gasteiger partial charge in [-0.15, -0.1) is 0 Å². The van der Waals surface area contributed by atoms with Crippen molar-refractivity contribution in [3.05, 3.63) is 0 Å². The molecule has 0 aromatic carbocycles. The number of rotatable bonds is 7. The molecule has 0 radical (unpaired) electrons. The van der Waals surface area contributed by atoms with Crippen LogP contribution in [0.4, 0.5) is 0 Å². The van der Waals surface area contributed by atoms with E-state index in [-0.39, 0.29) is 0 Å². The predicted molar refractivity (Wildman–Crippen MR) is 95.9 cm³/mol. The molecule has 0 aromatic heterocycles. The van der Waals surface area contributed by atoms with Crippen molar-refractivity contribution in [1.82, 2.24) is 0 Å². The molecule has 2 fully saturated rings.